The number of hydrogen-bond donors (Lipinski definition) is 1. The summed E-state index contributed by atoms with van der Waals surface area (Å²) in [5, 5.41) is 9.81. The van der Waals surface area contributed by atoms with E-state index in [2.05, 4.69) is 110 Å². The summed E-state index contributed by atoms with van der Waals surface area (Å²) in [4.78, 5) is 0. The monoisotopic (exact) mass is 460 g/mol. The summed E-state index contributed by atoms with van der Waals surface area (Å²) in [5.41, 5.74) is 4.74. The van der Waals surface area contributed by atoms with Gasteiger partial charge < -0.3 is 9.53 Å². The van der Waals surface area contributed by atoms with E-state index in [0.29, 0.717) is 5.75 Å². The Balaban J connectivity index is 1.82. The van der Waals surface area contributed by atoms with Crippen LogP contribution >= 0.6 is 0 Å². The van der Waals surface area contributed by atoms with Gasteiger partial charge in [-0.1, -0.05) is 97.0 Å². The molecule has 0 spiro atoms. The highest BCUT2D eigenvalue weighted by molar-refractivity contribution is 6.74. The Morgan fingerprint density at radius 3 is 1.18 bits per heavy atom. The van der Waals surface area contributed by atoms with Crippen molar-refractivity contribution in [1.82, 2.24) is 0 Å². The van der Waals surface area contributed by atoms with E-state index in [0.717, 1.165) is 5.75 Å². The van der Waals surface area contributed by atoms with Crippen LogP contribution in [0.2, 0.25) is 18.1 Å². The Kier molecular flexibility index (Phi) is 6.60. The Bertz CT molecular complexity index is 1070. The van der Waals surface area contributed by atoms with E-state index in [4.69, 9.17) is 4.43 Å². The van der Waals surface area contributed by atoms with Gasteiger partial charge in [0.1, 0.15) is 11.5 Å². The summed E-state index contributed by atoms with van der Waals surface area (Å²) in [6, 6.07) is 25.1. The highest BCUT2D eigenvalue weighted by atomic mass is 28.4. The molecule has 2 nitrogen and oxygen atoms in total. The molecule has 176 valence electrons. The molecule has 3 rings (SSSR count). The fourth-order valence-corrected chi connectivity index (χ4v) is 4.93. The van der Waals surface area contributed by atoms with E-state index in [1.165, 1.54) is 22.3 Å². The second-order valence-electron chi connectivity index (χ2n) is 11.8. The normalized spacial score (nSPS) is 13.1. The Labute approximate surface area is 201 Å². The molecule has 33 heavy (non-hydrogen) atoms. The first-order valence-electron chi connectivity index (χ1n) is 11.8. The molecule has 0 fully saturated rings. The highest BCUT2D eigenvalue weighted by Crippen LogP contribution is 2.39. The minimum atomic E-state index is -1.84. The van der Waals surface area contributed by atoms with Crippen molar-refractivity contribution in [1.29, 1.82) is 0 Å². The third-order valence-corrected chi connectivity index (χ3v) is 12.0. The van der Waals surface area contributed by atoms with Gasteiger partial charge in [-0.2, -0.15) is 0 Å². The van der Waals surface area contributed by atoms with Gasteiger partial charge in [-0.05, 0) is 64.7 Å². The second kappa shape index (κ2) is 8.68. The van der Waals surface area contributed by atoms with E-state index in [9.17, 15) is 5.11 Å². The van der Waals surface area contributed by atoms with Crippen molar-refractivity contribution in [3.8, 4) is 11.5 Å². The molecule has 0 aromatic heterocycles. The molecule has 0 bridgehead atoms. The third-order valence-electron chi connectivity index (χ3n) is 7.67. The first-order chi connectivity index (χ1) is 15.1. The van der Waals surface area contributed by atoms with E-state index in [1.54, 1.807) is 12.1 Å². The molecule has 0 aliphatic carbocycles. The molecule has 0 heterocycles. The van der Waals surface area contributed by atoms with Crippen LogP contribution in [0.25, 0.3) is 0 Å². The van der Waals surface area contributed by atoms with Crippen molar-refractivity contribution in [2.45, 2.75) is 77.4 Å². The van der Waals surface area contributed by atoms with Gasteiger partial charge in [-0.25, -0.2) is 0 Å². The topological polar surface area (TPSA) is 29.5 Å². The minimum Gasteiger partial charge on any atom is -0.544 e. The molecule has 0 aliphatic rings. The number of phenols is 1. The van der Waals surface area contributed by atoms with Gasteiger partial charge >= 0.3 is 0 Å². The van der Waals surface area contributed by atoms with E-state index >= 15 is 0 Å². The molecule has 0 unspecified atom stereocenters. The van der Waals surface area contributed by atoms with Crippen LogP contribution in [0.15, 0.2) is 72.8 Å². The summed E-state index contributed by atoms with van der Waals surface area (Å²) in [6.07, 6.45) is 0. The highest BCUT2D eigenvalue weighted by Gasteiger charge is 2.39. The lowest BCUT2D eigenvalue weighted by Gasteiger charge is -2.36. The Hall–Kier alpha value is -2.52. The fraction of sp³-hybridized carbons (Fsp3) is 0.400. The van der Waals surface area contributed by atoms with Gasteiger partial charge in [-0.15, -0.1) is 0 Å². The predicted octanol–water partition coefficient (Wildman–Crippen LogP) is 8.43. The second-order valence-corrected chi connectivity index (χ2v) is 16.5. The van der Waals surface area contributed by atoms with Crippen molar-refractivity contribution >= 4 is 8.32 Å². The average molecular weight is 461 g/mol. The van der Waals surface area contributed by atoms with Gasteiger partial charge in [-0.3, -0.25) is 0 Å². The molecule has 0 radical (unpaired) electrons. The van der Waals surface area contributed by atoms with Crippen LogP contribution in [0, 0.1) is 0 Å². The maximum Gasteiger partial charge on any atom is 0.250 e. The zero-order valence-electron chi connectivity index (χ0n) is 21.8. The van der Waals surface area contributed by atoms with Crippen LogP contribution in [0.1, 0.15) is 70.7 Å². The van der Waals surface area contributed by atoms with Crippen LogP contribution in [0.4, 0.5) is 0 Å². The fourth-order valence-electron chi connectivity index (χ4n) is 3.90. The van der Waals surface area contributed by atoms with Crippen molar-refractivity contribution in [3.63, 3.8) is 0 Å². The maximum absolute atomic E-state index is 9.63. The molecule has 0 amide bonds. The molecule has 1 N–H and O–H groups in total. The summed E-state index contributed by atoms with van der Waals surface area (Å²) in [5.74, 6) is 1.26. The molecular formula is C30H40O2Si. The van der Waals surface area contributed by atoms with Gasteiger partial charge in [0.05, 0.1) is 0 Å². The van der Waals surface area contributed by atoms with Crippen LogP contribution in [0.3, 0.4) is 0 Å². The van der Waals surface area contributed by atoms with E-state index < -0.39 is 8.32 Å². The van der Waals surface area contributed by atoms with Gasteiger partial charge in [0.25, 0.3) is 0 Å². The molecule has 0 saturated carbocycles. The molecule has 3 aromatic rings. The van der Waals surface area contributed by atoms with Crippen LogP contribution in [-0.4, -0.2) is 13.4 Å². The number of rotatable bonds is 6. The van der Waals surface area contributed by atoms with Crippen molar-refractivity contribution in [2.24, 2.45) is 0 Å². The molecule has 0 atom stereocenters. The standard InChI is InChI=1S/C30H40O2Si/c1-28(2,3)33(8,9)32-27-20-16-25(17-21-27)30(6,7)23-12-10-22(11-13-23)29(4,5)24-14-18-26(31)19-15-24/h10-21,31H,1-9H3. The summed E-state index contributed by atoms with van der Waals surface area (Å²) < 4.78 is 6.47. The number of hydrogen-bond acceptors (Lipinski definition) is 2. The number of phenolic OH excluding ortho intramolecular Hbond substituents is 1. The number of benzene rings is 3. The van der Waals surface area contributed by atoms with Crippen LogP contribution in [-0.2, 0) is 10.8 Å². The Morgan fingerprint density at radius 1 is 0.545 bits per heavy atom. The zero-order chi connectivity index (χ0) is 24.7. The summed E-state index contributed by atoms with van der Waals surface area (Å²) in [6.45, 7) is 20.4. The van der Waals surface area contributed by atoms with E-state index in [-0.39, 0.29) is 15.9 Å². The summed E-state index contributed by atoms with van der Waals surface area (Å²) in [7, 11) is -1.84. The SMILES string of the molecule is CC(C)(c1ccc(O)cc1)c1ccc(C(C)(C)c2ccc(O[Si](C)(C)C(C)(C)C)cc2)cc1. The van der Waals surface area contributed by atoms with Crippen molar-refractivity contribution in [2.75, 3.05) is 0 Å². The first-order valence-corrected chi connectivity index (χ1v) is 14.8. The van der Waals surface area contributed by atoms with Gasteiger partial charge in [0.15, 0.2) is 0 Å². The minimum absolute atomic E-state index is 0.114. The average Bonchev–Trinajstić information content (AvgIpc) is 2.73. The first kappa shape index (κ1) is 25.1. The lowest BCUT2D eigenvalue weighted by Crippen LogP contribution is -2.43. The lowest BCUT2D eigenvalue weighted by atomic mass is 9.74. The quantitative estimate of drug-likeness (QED) is 0.374. The molecule has 3 heteroatoms. The Morgan fingerprint density at radius 2 is 0.848 bits per heavy atom. The predicted molar refractivity (Wildman–Crippen MR) is 143 cm³/mol. The molecule has 3 aromatic carbocycles. The van der Waals surface area contributed by atoms with Crippen molar-refractivity contribution in [3.05, 3.63) is 95.1 Å². The van der Waals surface area contributed by atoms with E-state index in [1.807, 2.05) is 12.1 Å². The third kappa shape index (κ3) is 5.19. The van der Waals surface area contributed by atoms with Crippen LogP contribution < -0.4 is 4.43 Å². The molecular weight excluding hydrogens is 420 g/mol. The largest absolute Gasteiger partial charge is 0.544 e. The smallest absolute Gasteiger partial charge is 0.250 e. The maximum atomic E-state index is 9.63. The van der Waals surface area contributed by atoms with Gasteiger partial charge in [0.2, 0.25) is 8.32 Å². The van der Waals surface area contributed by atoms with Crippen LogP contribution in [0.5, 0.6) is 11.5 Å². The zero-order valence-corrected chi connectivity index (χ0v) is 22.8. The molecule has 0 aliphatic heterocycles. The van der Waals surface area contributed by atoms with Crippen molar-refractivity contribution < 1.29 is 9.53 Å². The lowest BCUT2D eigenvalue weighted by molar-refractivity contribution is 0.474. The summed E-state index contributed by atoms with van der Waals surface area (Å²) >= 11 is 0. The van der Waals surface area contributed by atoms with Gasteiger partial charge in [0, 0.05) is 10.8 Å². The number of aromatic hydroxyl groups is 1. The molecule has 0 saturated heterocycles.